The maximum absolute atomic E-state index is 13.1. The molecule has 0 aliphatic carbocycles. The normalized spacial score (nSPS) is 10.8. The lowest BCUT2D eigenvalue weighted by Gasteiger charge is -2.05. The molecule has 126 valence electrons. The zero-order valence-corrected chi connectivity index (χ0v) is 14.6. The van der Waals surface area contributed by atoms with Gasteiger partial charge < -0.3 is 4.74 Å². The van der Waals surface area contributed by atoms with Gasteiger partial charge in [0.2, 0.25) is 10.0 Å². The third kappa shape index (κ3) is 5.11. The SMILES string of the molecule is O=S(=O)(NCC#CCOc1ccccc1Cl)c1ccc(F)c(Cl)c1. The first kappa shape index (κ1) is 18.6. The van der Waals surface area contributed by atoms with Crippen molar-refractivity contribution in [2.45, 2.75) is 4.90 Å². The van der Waals surface area contributed by atoms with E-state index in [-0.39, 0.29) is 23.1 Å². The van der Waals surface area contributed by atoms with Crippen molar-refractivity contribution in [2.24, 2.45) is 0 Å². The minimum Gasteiger partial charge on any atom is -0.479 e. The molecule has 0 unspecified atom stereocenters. The van der Waals surface area contributed by atoms with Gasteiger partial charge in [-0.1, -0.05) is 47.2 Å². The van der Waals surface area contributed by atoms with Crippen LogP contribution in [0, 0.1) is 17.7 Å². The van der Waals surface area contributed by atoms with Crippen molar-refractivity contribution in [2.75, 3.05) is 13.2 Å². The fourth-order valence-corrected chi connectivity index (χ4v) is 3.03. The Morgan fingerprint density at radius 2 is 1.83 bits per heavy atom. The molecule has 0 bridgehead atoms. The van der Waals surface area contributed by atoms with Crippen LogP contribution in [0.15, 0.2) is 47.4 Å². The Kier molecular flexibility index (Phi) is 6.46. The molecule has 0 saturated heterocycles. The van der Waals surface area contributed by atoms with E-state index >= 15 is 0 Å². The molecule has 0 fully saturated rings. The van der Waals surface area contributed by atoms with Crippen molar-refractivity contribution in [3.8, 4) is 17.6 Å². The summed E-state index contributed by atoms with van der Waals surface area (Å²) in [5.74, 6) is 5.08. The first-order chi connectivity index (χ1) is 11.4. The zero-order valence-electron chi connectivity index (χ0n) is 12.2. The molecule has 0 heterocycles. The van der Waals surface area contributed by atoms with Gasteiger partial charge in [-0.05, 0) is 30.3 Å². The van der Waals surface area contributed by atoms with Crippen LogP contribution in [0.25, 0.3) is 0 Å². The molecule has 8 heteroatoms. The molecular weight excluding hydrogens is 376 g/mol. The summed E-state index contributed by atoms with van der Waals surface area (Å²) < 4.78 is 44.6. The largest absolute Gasteiger partial charge is 0.479 e. The highest BCUT2D eigenvalue weighted by Crippen LogP contribution is 2.22. The minimum atomic E-state index is -3.81. The molecule has 4 nitrogen and oxygen atoms in total. The summed E-state index contributed by atoms with van der Waals surface area (Å²) in [6.07, 6.45) is 0. The molecule has 2 rings (SSSR count). The van der Waals surface area contributed by atoms with Gasteiger partial charge in [-0.3, -0.25) is 0 Å². The average molecular weight is 388 g/mol. The number of rotatable bonds is 5. The van der Waals surface area contributed by atoms with Crippen molar-refractivity contribution in [3.05, 3.63) is 58.3 Å². The Balaban J connectivity index is 1.87. The van der Waals surface area contributed by atoms with Gasteiger partial charge in [-0.2, -0.15) is 4.72 Å². The van der Waals surface area contributed by atoms with Crippen molar-refractivity contribution < 1.29 is 17.5 Å². The van der Waals surface area contributed by atoms with Crippen LogP contribution < -0.4 is 9.46 Å². The summed E-state index contributed by atoms with van der Waals surface area (Å²) in [4.78, 5) is -0.136. The molecule has 2 aromatic carbocycles. The number of hydrogen-bond donors (Lipinski definition) is 1. The summed E-state index contributed by atoms with van der Waals surface area (Å²) in [7, 11) is -3.81. The van der Waals surface area contributed by atoms with Crippen molar-refractivity contribution in [1.29, 1.82) is 0 Å². The van der Waals surface area contributed by atoms with Crippen LogP contribution >= 0.6 is 23.2 Å². The zero-order chi connectivity index (χ0) is 17.6. The van der Waals surface area contributed by atoms with E-state index in [1.165, 1.54) is 0 Å². The summed E-state index contributed by atoms with van der Waals surface area (Å²) in [5, 5.41) is 0.199. The van der Waals surface area contributed by atoms with E-state index in [2.05, 4.69) is 16.6 Å². The topological polar surface area (TPSA) is 55.4 Å². The third-order valence-corrected chi connectivity index (χ3v) is 4.81. The number of sulfonamides is 1. The lowest BCUT2D eigenvalue weighted by molar-refractivity contribution is 0.370. The fourth-order valence-electron chi connectivity index (χ4n) is 1.65. The maximum atomic E-state index is 13.1. The van der Waals surface area contributed by atoms with Crippen LogP contribution in [0.1, 0.15) is 0 Å². The Morgan fingerprint density at radius 1 is 1.08 bits per heavy atom. The Labute approximate surface area is 149 Å². The van der Waals surface area contributed by atoms with E-state index in [1.54, 1.807) is 24.3 Å². The second-order valence-electron chi connectivity index (χ2n) is 4.47. The first-order valence-corrected chi connectivity index (χ1v) is 8.92. The van der Waals surface area contributed by atoms with Gasteiger partial charge >= 0.3 is 0 Å². The lowest BCUT2D eigenvalue weighted by atomic mass is 10.3. The van der Waals surface area contributed by atoms with Gasteiger partial charge in [0.05, 0.1) is 21.5 Å². The van der Waals surface area contributed by atoms with Crippen molar-refractivity contribution in [1.82, 2.24) is 4.72 Å². The molecule has 1 N–H and O–H groups in total. The molecule has 0 aliphatic rings. The highest BCUT2D eigenvalue weighted by atomic mass is 35.5. The summed E-state index contributed by atoms with van der Waals surface area (Å²) in [6.45, 7) is -0.0585. The number of benzene rings is 2. The number of hydrogen-bond acceptors (Lipinski definition) is 3. The lowest BCUT2D eigenvalue weighted by Crippen LogP contribution is -2.24. The molecular formula is C16H12Cl2FNO3S. The molecule has 24 heavy (non-hydrogen) atoms. The predicted molar refractivity (Wildman–Crippen MR) is 91.3 cm³/mol. The van der Waals surface area contributed by atoms with Gasteiger partial charge in [0.1, 0.15) is 18.2 Å². The predicted octanol–water partition coefficient (Wildman–Crippen LogP) is 3.49. The Bertz CT molecular complexity index is 892. The number of nitrogens with one attached hydrogen (secondary N) is 1. The quantitative estimate of drug-likeness (QED) is 0.798. The van der Waals surface area contributed by atoms with Gasteiger partial charge in [0.15, 0.2) is 0 Å². The maximum Gasteiger partial charge on any atom is 0.241 e. The van der Waals surface area contributed by atoms with E-state index < -0.39 is 15.8 Å². The van der Waals surface area contributed by atoms with E-state index in [0.717, 1.165) is 18.2 Å². The van der Waals surface area contributed by atoms with E-state index in [4.69, 9.17) is 27.9 Å². The van der Waals surface area contributed by atoms with Crippen LogP contribution in [0.2, 0.25) is 10.0 Å². The van der Waals surface area contributed by atoms with Gasteiger partial charge in [-0.25, -0.2) is 12.8 Å². The number of ether oxygens (including phenoxy) is 1. The number of halogens is 3. The van der Waals surface area contributed by atoms with Crippen LogP contribution in [0.3, 0.4) is 0 Å². The van der Waals surface area contributed by atoms with Gasteiger partial charge in [-0.15, -0.1) is 0 Å². The molecule has 0 aliphatic heterocycles. The summed E-state index contributed by atoms with van der Waals surface area (Å²) in [6, 6.07) is 10.1. The molecule has 0 saturated carbocycles. The average Bonchev–Trinajstić information content (AvgIpc) is 2.54. The first-order valence-electron chi connectivity index (χ1n) is 6.68. The number of para-hydroxylation sites is 1. The molecule has 0 radical (unpaired) electrons. The smallest absolute Gasteiger partial charge is 0.241 e. The highest BCUT2D eigenvalue weighted by Gasteiger charge is 2.14. The summed E-state index contributed by atoms with van der Waals surface area (Å²) in [5.41, 5.74) is 0. The van der Waals surface area contributed by atoms with Crippen molar-refractivity contribution >= 4 is 33.2 Å². The molecule has 0 spiro atoms. The molecule has 0 aromatic heterocycles. The van der Waals surface area contributed by atoms with E-state index in [9.17, 15) is 12.8 Å². The molecule has 0 atom stereocenters. The van der Waals surface area contributed by atoms with E-state index in [1.807, 2.05) is 0 Å². The Hall–Kier alpha value is -1.78. The Morgan fingerprint density at radius 3 is 2.54 bits per heavy atom. The second kappa shape index (κ2) is 8.36. The second-order valence-corrected chi connectivity index (χ2v) is 7.05. The van der Waals surface area contributed by atoms with Gasteiger partial charge in [0.25, 0.3) is 0 Å². The fraction of sp³-hybridized carbons (Fsp3) is 0.125. The van der Waals surface area contributed by atoms with Crippen LogP contribution in [-0.4, -0.2) is 21.6 Å². The van der Waals surface area contributed by atoms with Crippen LogP contribution in [-0.2, 0) is 10.0 Å². The third-order valence-electron chi connectivity index (χ3n) is 2.81. The van der Waals surface area contributed by atoms with Crippen LogP contribution in [0.4, 0.5) is 4.39 Å². The van der Waals surface area contributed by atoms with Crippen LogP contribution in [0.5, 0.6) is 5.75 Å². The highest BCUT2D eigenvalue weighted by molar-refractivity contribution is 7.89. The van der Waals surface area contributed by atoms with E-state index in [0.29, 0.717) is 10.8 Å². The summed E-state index contributed by atoms with van der Waals surface area (Å²) >= 11 is 11.5. The molecule has 2 aromatic rings. The van der Waals surface area contributed by atoms with Crippen molar-refractivity contribution in [3.63, 3.8) is 0 Å². The minimum absolute atomic E-state index is 0.0633. The van der Waals surface area contributed by atoms with Gasteiger partial charge in [0, 0.05) is 0 Å². The monoisotopic (exact) mass is 387 g/mol. The molecule has 0 amide bonds. The standard InChI is InChI=1S/C16H12Cl2FNO3S/c17-13-5-1-2-6-16(13)23-10-4-3-9-20-24(21,22)12-7-8-15(19)14(18)11-12/h1-2,5-8,11,20H,9-10H2.